The number of phenols is 1. The van der Waals surface area contributed by atoms with Gasteiger partial charge in [0.2, 0.25) is 0 Å². The van der Waals surface area contributed by atoms with Crippen molar-refractivity contribution in [1.82, 2.24) is 0 Å². The Kier molecular flexibility index (Phi) is 5.94. The van der Waals surface area contributed by atoms with Gasteiger partial charge >= 0.3 is 5.97 Å². The molecule has 0 aliphatic carbocycles. The standard InChI is InChI=1S/C27H29NO4/c1-18(15-27(2,31)16-19-8-7-11-21(29)14-19)28(3)24-13-12-22-23(17-32-26(22)30)25(24)20-9-5-4-6-10-20/h4-14,18,29,31H,15-17H2,1-3H3. The van der Waals surface area contributed by atoms with E-state index in [1.54, 1.807) is 18.2 Å². The van der Waals surface area contributed by atoms with Crippen LogP contribution in [0.5, 0.6) is 5.75 Å². The van der Waals surface area contributed by atoms with E-state index in [1.807, 2.05) is 62.5 Å². The highest BCUT2D eigenvalue weighted by Crippen LogP contribution is 2.40. The van der Waals surface area contributed by atoms with Gasteiger partial charge in [0.1, 0.15) is 12.4 Å². The number of carbonyl (C=O) groups is 1. The van der Waals surface area contributed by atoms with Crippen molar-refractivity contribution in [3.05, 3.63) is 83.4 Å². The third kappa shape index (κ3) is 4.48. The molecule has 2 N–H and O–H groups in total. The van der Waals surface area contributed by atoms with Crippen LogP contribution in [-0.4, -0.2) is 34.9 Å². The highest BCUT2D eigenvalue weighted by molar-refractivity contribution is 5.98. The minimum absolute atomic E-state index is 0.0147. The van der Waals surface area contributed by atoms with Gasteiger partial charge < -0.3 is 19.8 Å². The van der Waals surface area contributed by atoms with Crippen molar-refractivity contribution in [2.24, 2.45) is 0 Å². The Morgan fingerprint density at radius 2 is 1.84 bits per heavy atom. The van der Waals surface area contributed by atoms with E-state index >= 15 is 0 Å². The van der Waals surface area contributed by atoms with Crippen LogP contribution in [-0.2, 0) is 17.8 Å². The molecule has 0 saturated heterocycles. The minimum atomic E-state index is -0.954. The number of hydrogen-bond donors (Lipinski definition) is 2. The smallest absolute Gasteiger partial charge is 0.338 e. The Balaban J connectivity index is 1.63. The molecular formula is C27H29NO4. The van der Waals surface area contributed by atoms with Gasteiger partial charge in [-0.2, -0.15) is 0 Å². The van der Waals surface area contributed by atoms with Crippen molar-refractivity contribution in [2.75, 3.05) is 11.9 Å². The maximum absolute atomic E-state index is 12.2. The number of phenolic OH excluding ortho intramolecular Hbond substituents is 1. The van der Waals surface area contributed by atoms with Crippen LogP contribution in [0.4, 0.5) is 5.69 Å². The average molecular weight is 432 g/mol. The third-order valence-electron chi connectivity index (χ3n) is 6.19. The Hall–Kier alpha value is -3.31. The maximum atomic E-state index is 12.2. The summed E-state index contributed by atoms with van der Waals surface area (Å²) in [5.41, 5.74) is 4.48. The summed E-state index contributed by atoms with van der Waals surface area (Å²) >= 11 is 0. The molecule has 0 fully saturated rings. The average Bonchev–Trinajstić information content (AvgIpc) is 3.13. The number of aromatic hydroxyl groups is 1. The molecule has 0 radical (unpaired) electrons. The van der Waals surface area contributed by atoms with Crippen molar-refractivity contribution in [1.29, 1.82) is 0 Å². The summed E-state index contributed by atoms with van der Waals surface area (Å²) in [4.78, 5) is 14.3. The quantitative estimate of drug-likeness (QED) is 0.519. The van der Waals surface area contributed by atoms with Crippen molar-refractivity contribution in [3.63, 3.8) is 0 Å². The van der Waals surface area contributed by atoms with Crippen molar-refractivity contribution < 1.29 is 19.7 Å². The van der Waals surface area contributed by atoms with E-state index in [9.17, 15) is 15.0 Å². The number of anilines is 1. The van der Waals surface area contributed by atoms with Gasteiger partial charge in [0.15, 0.2) is 0 Å². The Labute approximate surface area is 188 Å². The van der Waals surface area contributed by atoms with Crippen molar-refractivity contribution in [3.8, 4) is 16.9 Å². The largest absolute Gasteiger partial charge is 0.508 e. The minimum Gasteiger partial charge on any atom is -0.508 e. The number of nitrogens with zero attached hydrogens (tertiary/aromatic N) is 1. The monoisotopic (exact) mass is 431 g/mol. The zero-order valence-corrected chi connectivity index (χ0v) is 18.7. The van der Waals surface area contributed by atoms with Gasteiger partial charge in [-0.1, -0.05) is 42.5 Å². The van der Waals surface area contributed by atoms with Gasteiger partial charge in [0.25, 0.3) is 0 Å². The van der Waals surface area contributed by atoms with Crippen LogP contribution in [0.1, 0.15) is 41.8 Å². The molecular weight excluding hydrogens is 402 g/mol. The van der Waals surface area contributed by atoms with Crippen molar-refractivity contribution >= 4 is 11.7 Å². The molecule has 4 rings (SSSR count). The topological polar surface area (TPSA) is 70.0 Å². The van der Waals surface area contributed by atoms with E-state index in [0.717, 1.165) is 27.9 Å². The fourth-order valence-corrected chi connectivity index (χ4v) is 4.60. The Morgan fingerprint density at radius 3 is 2.56 bits per heavy atom. The molecule has 1 aliphatic rings. The highest BCUT2D eigenvalue weighted by atomic mass is 16.5. The lowest BCUT2D eigenvalue weighted by Gasteiger charge is -2.35. The molecule has 0 aromatic heterocycles. The number of carbonyl (C=O) groups excluding carboxylic acids is 1. The van der Waals surface area contributed by atoms with E-state index in [1.165, 1.54) is 0 Å². The Bertz CT molecular complexity index is 1120. The number of fused-ring (bicyclic) bond motifs is 1. The van der Waals surface area contributed by atoms with Gasteiger partial charge in [-0.05, 0) is 55.7 Å². The van der Waals surface area contributed by atoms with Crippen LogP contribution in [0, 0.1) is 0 Å². The maximum Gasteiger partial charge on any atom is 0.338 e. The van der Waals surface area contributed by atoms with Crippen molar-refractivity contribution in [2.45, 2.75) is 44.9 Å². The van der Waals surface area contributed by atoms with Crippen LogP contribution in [0.3, 0.4) is 0 Å². The van der Waals surface area contributed by atoms with E-state index < -0.39 is 5.60 Å². The number of hydrogen-bond acceptors (Lipinski definition) is 5. The number of esters is 1. The summed E-state index contributed by atoms with van der Waals surface area (Å²) in [5, 5.41) is 20.9. The fourth-order valence-electron chi connectivity index (χ4n) is 4.60. The molecule has 0 bridgehead atoms. The first-order valence-electron chi connectivity index (χ1n) is 10.9. The SMILES string of the molecule is CC(CC(C)(O)Cc1cccc(O)c1)N(C)c1ccc2c(c1-c1ccccc1)COC2=O. The molecule has 3 aromatic carbocycles. The molecule has 1 heterocycles. The lowest BCUT2D eigenvalue weighted by Crippen LogP contribution is -2.39. The van der Waals surface area contributed by atoms with Gasteiger partial charge in [-0.15, -0.1) is 0 Å². The number of benzene rings is 3. The van der Waals surface area contributed by atoms with Crippen LogP contribution < -0.4 is 4.90 Å². The van der Waals surface area contributed by atoms with Gasteiger partial charge in [-0.25, -0.2) is 4.79 Å². The predicted octanol–water partition coefficient (Wildman–Crippen LogP) is 4.94. The molecule has 1 aliphatic heterocycles. The zero-order chi connectivity index (χ0) is 22.9. The first kappa shape index (κ1) is 21.9. The molecule has 2 unspecified atom stereocenters. The second-order valence-corrected chi connectivity index (χ2v) is 8.94. The summed E-state index contributed by atoms with van der Waals surface area (Å²) in [6, 6.07) is 20.9. The van der Waals surface area contributed by atoms with Gasteiger partial charge in [0.05, 0.1) is 11.2 Å². The number of cyclic esters (lactones) is 1. The van der Waals surface area contributed by atoms with E-state index in [0.29, 0.717) is 18.4 Å². The first-order chi connectivity index (χ1) is 15.2. The molecule has 0 saturated carbocycles. The lowest BCUT2D eigenvalue weighted by molar-refractivity contribution is 0.0454. The predicted molar refractivity (Wildman–Crippen MR) is 126 cm³/mol. The third-order valence-corrected chi connectivity index (χ3v) is 6.19. The molecule has 3 aromatic rings. The molecule has 2 atom stereocenters. The summed E-state index contributed by atoms with van der Waals surface area (Å²) in [6.07, 6.45) is 0.970. The first-order valence-corrected chi connectivity index (χ1v) is 10.9. The van der Waals surface area contributed by atoms with Crippen LogP contribution in [0.15, 0.2) is 66.7 Å². The molecule has 166 valence electrons. The number of aliphatic hydroxyl groups is 1. The Morgan fingerprint density at radius 1 is 1.09 bits per heavy atom. The summed E-state index contributed by atoms with van der Waals surface area (Å²) in [5.74, 6) is -0.0839. The number of rotatable bonds is 7. The van der Waals surface area contributed by atoms with Gasteiger partial charge in [-0.3, -0.25) is 0 Å². The van der Waals surface area contributed by atoms with Crippen LogP contribution in [0.25, 0.3) is 11.1 Å². The van der Waals surface area contributed by atoms with Crippen LogP contribution in [0.2, 0.25) is 0 Å². The van der Waals surface area contributed by atoms with E-state index in [4.69, 9.17) is 4.74 Å². The second-order valence-electron chi connectivity index (χ2n) is 8.94. The van der Waals surface area contributed by atoms with E-state index in [-0.39, 0.29) is 24.4 Å². The van der Waals surface area contributed by atoms with E-state index in [2.05, 4.69) is 11.8 Å². The normalized spacial score (nSPS) is 15.6. The molecule has 0 spiro atoms. The summed E-state index contributed by atoms with van der Waals surface area (Å²) < 4.78 is 5.32. The molecule has 5 nitrogen and oxygen atoms in total. The van der Waals surface area contributed by atoms with Crippen LogP contribution >= 0.6 is 0 Å². The second kappa shape index (κ2) is 8.67. The lowest BCUT2D eigenvalue weighted by atomic mass is 9.89. The highest BCUT2D eigenvalue weighted by Gasteiger charge is 2.30. The summed E-state index contributed by atoms with van der Waals surface area (Å²) in [7, 11) is 2.01. The zero-order valence-electron chi connectivity index (χ0n) is 18.7. The summed E-state index contributed by atoms with van der Waals surface area (Å²) in [6.45, 7) is 4.18. The van der Waals surface area contributed by atoms with Gasteiger partial charge in [0, 0.05) is 36.3 Å². The molecule has 5 heteroatoms. The molecule has 32 heavy (non-hydrogen) atoms. The molecule has 0 amide bonds. The number of ether oxygens (including phenoxy) is 1. The fraction of sp³-hybridized carbons (Fsp3) is 0.296.